The molecule has 0 fully saturated rings. The fraction of sp³-hybridized carbons (Fsp3) is 0.286. The summed E-state index contributed by atoms with van der Waals surface area (Å²) in [7, 11) is 1.92. The number of hydrogen-bond donors (Lipinski definition) is 1. The summed E-state index contributed by atoms with van der Waals surface area (Å²) in [6, 6.07) is 10.2. The van der Waals surface area contributed by atoms with Crippen LogP contribution in [-0.4, -0.2) is 17.0 Å². The van der Waals surface area contributed by atoms with Crippen LogP contribution >= 0.6 is 0 Å². The fourth-order valence-electron chi connectivity index (χ4n) is 1.77. The number of aryl methyl sites for hydroxylation is 2. The molecule has 0 atom stereocenters. The molecule has 0 saturated carbocycles. The van der Waals surface area contributed by atoms with Gasteiger partial charge in [-0.15, -0.1) is 0 Å². The van der Waals surface area contributed by atoms with Crippen LogP contribution in [0.5, 0.6) is 11.8 Å². The molecule has 4 nitrogen and oxygen atoms in total. The summed E-state index contributed by atoms with van der Waals surface area (Å²) in [5.74, 6) is 0.757. The molecular formula is C14H17N3O. The average molecular weight is 243 g/mol. The van der Waals surface area contributed by atoms with Crippen LogP contribution in [0.1, 0.15) is 17.0 Å². The lowest BCUT2D eigenvalue weighted by Gasteiger charge is -2.07. The van der Waals surface area contributed by atoms with Crippen LogP contribution in [0, 0.1) is 13.8 Å². The molecule has 18 heavy (non-hydrogen) atoms. The van der Waals surface area contributed by atoms with Crippen molar-refractivity contribution >= 4 is 0 Å². The number of nitrogens with one attached hydrogen (secondary N) is 1. The maximum Gasteiger partial charge on any atom is 0.322 e. The highest BCUT2D eigenvalue weighted by Gasteiger charge is 2.03. The van der Waals surface area contributed by atoms with Gasteiger partial charge >= 0.3 is 6.01 Å². The van der Waals surface area contributed by atoms with Crippen LogP contribution in [-0.2, 0) is 6.54 Å². The third-order valence-corrected chi connectivity index (χ3v) is 2.45. The lowest BCUT2D eigenvalue weighted by atomic mass is 10.2. The van der Waals surface area contributed by atoms with Gasteiger partial charge in [0, 0.05) is 17.9 Å². The van der Waals surface area contributed by atoms with E-state index in [4.69, 9.17) is 4.74 Å². The summed E-state index contributed by atoms with van der Waals surface area (Å²) in [5, 5.41) is 3.11. The number of benzene rings is 1. The first kappa shape index (κ1) is 12.5. The van der Waals surface area contributed by atoms with Crippen LogP contribution in [0.4, 0.5) is 0 Å². The topological polar surface area (TPSA) is 47.0 Å². The van der Waals surface area contributed by atoms with Crippen LogP contribution in [0.3, 0.4) is 0 Å². The first-order chi connectivity index (χ1) is 8.67. The Morgan fingerprint density at radius 1 is 1.11 bits per heavy atom. The lowest BCUT2D eigenvalue weighted by molar-refractivity contribution is 0.438. The zero-order chi connectivity index (χ0) is 13.0. The Morgan fingerprint density at radius 2 is 1.83 bits per heavy atom. The van der Waals surface area contributed by atoms with E-state index in [9.17, 15) is 0 Å². The van der Waals surface area contributed by atoms with Crippen LogP contribution < -0.4 is 10.1 Å². The Morgan fingerprint density at radius 3 is 2.50 bits per heavy atom. The van der Waals surface area contributed by atoms with Crippen molar-refractivity contribution in [3.05, 3.63) is 47.3 Å². The molecule has 2 aromatic rings. The minimum Gasteiger partial charge on any atom is -0.424 e. The largest absolute Gasteiger partial charge is 0.424 e. The van der Waals surface area contributed by atoms with E-state index in [-0.39, 0.29) is 0 Å². The lowest BCUT2D eigenvalue weighted by Crippen LogP contribution is -2.04. The van der Waals surface area contributed by atoms with Crippen LogP contribution in [0.15, 0.2) is 30.3 Å². The highest BCUT2D eigenvalue weighted by molar-refractivity contribution is 5.30. The third-order valence-electron chi connectivity index (χ3n) is 2.45. The Balaban J connectivity index is 2.20. The maximum atomic E-state index is 5.68. The van der Waals surface area contributed by atoms with Gasteiger partial charge < -0.3 is 10.1 Å². The minimum absolute atomic E-state index is 0.397. The Bertz CT molecular complexity index is 520. The zero-order valence-electron chi connectivity index (χ0n) is 10.9. The quantitative estimate of drug-likeness (QED) is 0.896. The van der Waals surface area contributed by atoms with E-state index in [1.165, 1.54) is 5.56 Å². The normalized spacial score (nSPS) is 10.4. The number of rotatable bonds is 4. The molecule has 0 radical (unpaired) electrons. The van der Waals surface area contributed by atoms with Gasteiger partial charge in [-0.25, -0.2) is 9.97 Å². The highest BCUT2D eigenvalue weighted by Crippen LogP contribution is 2.19. The minimum atomic E-state index is 0.397. The molecule has 1 N–H and O–H groups in total. The maximum absolute atomic E-state index is 5.68. The van der Waals surface area contributed by atoms with Gasteiger partial charge in [-0.3, -0.25) is 0 Å². The van der Waals surface area contributed by atoms with Crippen molar-refractivity contribution in [2.24, 2.45) is 0 Å². The fourth-order valence-corrected chi connectivity index (χ4v) is 1.77. The summed E-state index contributed by atoms with van der Waals surface area (Å²) in [4.78, 5) is 8.51. The predicted molar refractivity (Wildman–Crippen MR) is 70.8 cm³/mol. The molecule has 94 valence electrons. The Hall–Kier alpha value is -1.94. The molecule has 0 aliphatic heterocycles. The summed E-state index contributed by atoms with van der Waals surface area (Å²) in [6.07, 6.45) is 0. The van der Waals surface area contributed by atoms with E-state index in [0.717, 1.165) is 23.7 Å². The molecule has 2 rings (SSSR count). The first-order valence-corrected chi connectivity index (χ1v) is 5.91. The molecule has 1 aromatic heterocycles. The monoisotopic (exact) mass is 243 g/mol. The second kappa shape index (κ2) is 5.60. The van der Waals surface area contributed by atoms with E-state index >= 15 is 0 Å². The number of nitrogens with zero attached hydrogens (tertiary/aromatic N) is 2. The predicted octanol–water partition coefficient (Wildman–Crippen LogP) is 2.61. The van der Waals surface area contributed by atoms with E-state index in [1.807, 2.05) is 51.2 Å². The number of aromatic nitrogens is 2. The number of ether oxygens (including phenoxy) is 1. The molecule has 0 unspecified atom stereocenters. The first-order valence-electron chi connectivity index (χ1n) is 5.91. The molecule has 1 heterocycles. The second-order valence-electron chi connectivity index (χ2n) is 4.21. The van der Waals surface area contributed by atoms with E-state index in [2.05, 4.69) is 15.3 Å². The zero-order valence-corrected chi connectivity index (χ0v) is 10.9. The van der Waals surface area contributed by atoms with Gasteiger partial charge in [0.25, 0.3) is 0 Å². The average Bonchev–Trinajstić information content (AvgIpc) is 2.28. The van der Waals surface area contributed by atoms with Crippen molar-refractivity contribution in [1.82, 2.24) is 15.3 Å². The van der Waals surface area contributed by atoms with Gasteiger partial charge in [-0.2, -0.15) is 0 Å². The molecule has 0 bridgehead atoms. The van der Waals surface area contributed by atoms with Crippen molar-refractivity contribution in [1.29, 1.82) is 0 Å². The van der Waals surface area contributed by atoms with Crippen LogP contribution in [0.25, 0.3) is 0 Å². The van der Waals surface area contributed by atoms with Gasteiger partial charge in [0.15, 0.2) is 0 Å². The molecule has 0 aliphatic rings. The molecule has 0 saturated heterocycles. The summed E-state index contributed by atoms with van der Waals surface area (Å²) in [5.41, 5.74) is 2.98. The van der Waals surface area contributed by atoms with E-state index in [1.54, 1.807) is 0 Å². The Kier molecular flexibility index (Phi) is 3.89. The molecular weight excluding hydrogens is 226 g/mol. The van der Waals surface area contributed by atoms with Gasteiger partial charge in [0.2, 0.25) is 0 Å². The van der Waals surface area contributed by atoms with Crippen molar-refractivity contribution in [2.45, 2.75) is 20.4 Å². The molecule has 1 aromatic carbocycles. The van der Waals surface area contributed by atoms with Gasteiger partial charge in [0.05, 0.1) is 0 Å². The van der Waals surface area contributed by atoms with Crippen molar-refractivity contribution in [3.8, 4) is 11.8 Å². The van der Waals surface area contributed by atoms with Gasteiger partial charge in [-0.1, -0.05) is 12.1 Å². The molecule has 0 spiro atoms. The molecule has 0 aliphatic carbocycles. The molecule has 4 heteroatoms. The van der Waals surface area contributed by atoms with E-state index < -0.39 is 0 Å². The summed E-state index contributed by atoms with van der Waals surface area (Å²) < 4.78 is 5.68. The summed E-state index contributed by atoms with van der Waals surface area (Å²) >= 11 is 0. The second-order valence-corrected chi connectivity index (χ2v) is 4.21. The van der Waals surface area contributed by atoms with Crippen molar-refractivity contribution < 1.29 is 4.74 Å². The van der Waals surface area contributed by atoms with E-state index in [0.29, 0.717) is 6.01 Å². The SMILES string of the molecule is CNCc1cccc(Oc2nc(C)cc(C)n2)c1. The van der Waals surface area contributed by atoms with Crippen LogP contribution in [0.2, 0.25) is 0 Å². The highest BCUT2D eigenvalue weighted by atomic mass is 16.5. The van der Waals surface area contributed by atoms with Gasteiger partial charge in [0.1, 0.15) is 5.75 Å². The standard InChI is InChI=1S/C14H17N3O/c1-10-7-11(2)17-14(16-10)18-13-6-4-5-12(8-13)9-15-3/h4-8,15H,9H2,1-3H3. The van der Waals surface area contributed by atoms with Gasteiger partial charge in [-0.05, 0) is 44.7 Å². The molecule has 0 amide bonds. The third kappa shape index (κ3) is 3.28. The van der Waals surface area contributed by atoms with Crippen molar-refractivity contribution in [2.75, 3.05) is 7.05 Å². The Labute approximate surface area is 107 Å². The summed E-state index contributed by atoms with van der Waals surface area (Å²) in [6.45, 7) is 4.67. The smallest absolute Gasteiger partial charge is 0.322 e. The van der Waals surface area contributed by atoms with Crippen molar-refractivity contribution in [3.63, 3.8) is 0 Å². The number of hydrogen-bond acceptors (Lipinski definition) is 4.